The largest absolute Gasteiger partial charge is 0.508 e. The number of aryl methyl sites for hydroxylation is 1. The predicted octanol–water partition coefficient (Wildman–Crippen LogP) is 1.89. The van der Waals surface area contributed by atoms with Gasteiger partial charge in [0, 0.05) is 31.2 Å². The molecule has 0 spiro atoms. The molecule has 1 aromatic rings. The lowest BCUT2D eigenvalue weighted by Gasteiger charge is -2.28. The fourth-order valence-corrected chi connectivity index (χ4v) is 2.46. The van der Waals surface area contributed by atoms with Gasteiger partial charge in [0.2, 0.25) is 0 Å². The molecule has 3 atom stereocenters. The van der Waals surface area contributed by atoms with Crippen LogP contribution in [0.3, 0.4) is 0 Å². The van der Waals surface area contributed by atoms with Crippen LogP contribution in [0.25, 0.3) is 0 Å². The van der Waals surface area contributed by atoms with Gasteiger partial charge >= 0.3 is 0 Å². The Morgan fingerprint density at radius 2 is 2.26 bits per heavy atom. The van der Waals surface area contributed by atoms with E-state index in [0.717, 1.165) is 11.1 Å². The maximum atomic E-state index is 10.4. The number of nitrogens with one attached hydrogen (secondary N) is 1. The molecule has 0 radical (unpaired) electrons. The first-order valence-electron chi connectivity index (χ1n) is 6.79. The molecular weight excluding hydrogens is 242 g/mol. The predicted molar refractivity (Wildman–Crippen MR) is 74.2 cm³/mol. The molecule has 3 N–H and O–H groups in total. The number of aromatic hydroxyl groups is 1. The molecular formula is C15H23NO3. The minimum atomic E-state index is -0.812. The first kappa shape index (κ1) is 14.3. The van der Waals surface area contributed by atoms with Crippen LogP contribution in [-0.2, 0) is 4.74 Å². The van der Waals surface area contributed by atoms with Gasteiger partial charge in [0.15, 0.2) is 0 Å². The van der Waals surface area contributed by atoms with Gasteiger partial charge in [-0.2, -0.15) is 0 Å². The van der Waals surface area contributed by atoms with Crippen molar-refractivity contribution in [3.63, 3.8) is 0 Å². The van der Waals surface area contributed by atoms with E-state index in [9.17, 15) is 10.2 Å². The van der Waals surface area contributed by atoms with Crippen LogP contribution in [0, 0.1) is 6.92 Å². The molecule has 0 saturated carbocycles. The topological polar surface area (TPSA) is 61.7 Å². The number of rotatable bonds is 4. The van der Waals surface area contributed by atoms with Crippen molar-refractivity contribution >= 4 is 0 Å². The summed E-state index contributed by atoms with van der Waals surface area (Å²) in [5.74, 6) is 0.285. The average molecular weight is 265 g/mol. The van der Waals surface area contributed by atoms with Gasteiger partial charge in [-0.1, -0.05) is 17.7 Å². The molecule has 1 heterocycles. The molecule has 1 aliphatic rings. The summed E-state index contributed by atoms with van der Waals surface area (Å²) >= 11 is 0. The Labute approximate surface area is 114 Å². The summed E-state index contributed by atoms with van der Waals surface area (Å²) in [5.41, 5.74) is 1.15. The van der Waals surface area contributed by atoms with Gasteiger partial charge < -0.3 is 20.3 Å². The second-order valence-electron chi connectivity index (χ2n) is 5.53. The van der Waals surface area contributed by atoms with E-state index in [1.807, 2.05) is 32.9 Å². The Bertz CT molecular complexity index is 449. The molecule has 0 aromatic heterocycles. The van der Waals surface area contributed by atoms with Gasteiger partial charge in [-0.3, -0.25) is 0 Å². The van der Waals surface area contributed by atoms with E-state index in [1.165, 1.54) is 0 Å². The zero-order valence-electron chi connectivity index (χ0n) is 11.8. The fourth-order valence-electron chi connectivity index (χ4n) is 2.46. The highest BCUT2D eigenvalue weighted by Gasteiger charge is 2.39. The van der Waals surface area contributed by atoms with Crippen LogP contribution in [0.4, 0.5) is 0 Å². The molecule has 1 saturated heterocycles. The number of ether oxygens (including phenoxy) is 1. The Morgan fingerprint density at radius 1 is 1.53 bits per heavy atom. The molecule has 1 fully saturated rings. The molecule has 19 heavy (non-hydrogen) atoms. The van der Waals surface area contributed by atoms with Crippen molar-refractivity contribution in [1.82, 2.24) is 5.32 Å². The third-order valence-electron chi connectivity index (χ3n) is 4.02. The van der Waals surface area contributed by atoms with Gasteiger partial charge in [0.05, 0.1) is 6.10 Å². The number of aliphatic hydroxyl groups is 1. The first-order chi connectivity index (χ1) is 8.92. The zero-order chi connectivity index (χ0) is 14.0. The number of hydrogen-bond donors (Lipinski definition) is 3. The van der Waals surface area contributed by atoms with E-state index < -0.39 is 5.60 Å². The minimum absolute atomic E-state index is 0.0169. The normalized spacial score (nSPS) is 28.5. The van der Waals surface area contributed by atoms with Crippen molar-refractivity contribution in [2.45, 2.75) is 44.9 Å². The molecule has 1 aromatic carbocycles. The van der Waals surface area contributed by atoms with Crippen LogP contribution in [0.2, 0.25) is 0 Å². The number of hydrogen-bond acceptors (Lipinski definition) is 4. The van der Waals surface area contributed by atoms with Gasteiger partial charge in [-0.05, 0) is 26.8 Å². The van der Waals surface area contributed by atoms with Crippen molar-refractivity contribution in [1.29, 1.82) is 0 Å². The van der Waals surface area contributed by atoms with Crippen LogP contribution in [0.5, 0.6) is 5.75 Å². The smallest absolute Gasteiger partial charge is 0.120 e. The summed E-state index contributed by atoms with van der Waals surface area (Å²) in [5, 5.41) is 23.6. The first-order valence-corrected chi connectivity index (χ1v) is 6.79. The second kappa shape index (κ2) is 5.49. The molecule has 4 nitrogen and oxygen atoms in total. The highest BCUT2D eigenvalue weighted by Crippen LogP contribution is 2.28. The third kappa shape index (κ3) is 3.08. The number of benzene rings is 1. The molecule has 2 rings (SSSR count). The van der Waals surface area contributed by atoms with Crippen LogP contribution < -0.4 is 5.32 Å². The Balaban J connectivity index is 2.01. The summed E-state index contributed by atoms with van der Waals surface area (Å²) in [6.07, 6.45) is 0.492. The van der Waals surface area contributed by atoms with Crippen molar-refractivity contribution in [2.24, 2.45) is 0 Å². The number of phenols is 1. The van der Waals surface area contributed by atoms with Gasteiger partial charge in [0.1, 0.15) is 11.4 Å². The van der Waals surface area contributed by atoms with E-state index in [1.54, 1.807) is 6.07 Å². The summed E-state index contributed by atoms with van der Waals surface area (Å²) in [6.45, 7) is 6.93. The summed E-state index contributed by atoms with van der Waals surface area (Å²) in [6, 6.07) is 5.54. The van der Waals surface area contributed by atoms with E-state index in [2.05, 4.69) is 5.32 Å². The third-order valence-corrected chi connectivity index (χ3v) is 4.02. The maximum absolute atomic E-state index is 10.4. The standard InChI is InChI=1S/C15H23NO3/c1-10-4-5-14(17)13(8-10)11(2)16-9-15(18)6-7-19-12(15)3/h4-5,8,11-12,16-18H,6-7,9H2,1-3H3. The van der Waals surface area contributed by atoms with Crippen molar-refractivity contribution in [3.05, 3.63) is 29.3 Å². The highest BCUT2D eigenvalue weighted by atomic mass is 16.5. The zero-order valence-corrected chi connectivity index (χ0v) is 11.8. The summed E-state index contributed by atoms with van der Waals surface area (Å²) < 4.78 is 5.41. The molecule has 4 heteroatoms. The lowest BCUT2D eigenvalue weighted by Crippen LogP contribution is -2.46. The number of phenolic OH excluding ortho intramolecular Hbond substituents is 1. The molecule has 1 aliphatic heterocycles. The minimum Gasteiger partial charge on any atom is -0.508 e. The van der Waals surface area contributed by atoms with Gasteiger partial charge in [-0.25, -0.2) is 0 Å². The van der Waals surface area contributed by atoms with Crippen LogP contribution in [0.15, 0.2) is 18.2 Å². The van der Waals surface area contributed by atoms with Crippen LogP contribution in [-0.4, -0.2) is 35.1 Å². The van der Waals surface area contributed by atoms with E-state index in [-0.39, 0.29) is 17.9 Å². The van der Waals surface area contributed by atoms with Crippen LogP contribution >= 0.6 is 0 Å². The Kier molecular flexibility index (Phi) is 4.13. The quantitative estimate of drug-likeness (QED) is 0.778. The lowest BCUT2D eigenvalue weighted by molar-refractivity contribution is -0.0274. The monoisotopic (exact) mass is 265 g/mol. The Hall–Kier alpha value is -1.10. The summed E-state index contributed by atoms with van der Waals surface area (Å²) in [4.78, 5) is 0. The van der Waals surface area contributed by atoms with Crippen molar-refractivity contribution in [3.8, 4) is 5.75 Å². The molecule has 0 amide bonds. The van der Waals surface area contributed by atoms with Crippen LogP contribution in [0.1, 0.15) is 37.4 Å². The molecule has 0 bridgehead atoms. The highest BCUT2D eigenvalue weighted by molar-refractivity contribution is 5.37. The SMILES string of the molecule is Cc1ccc(O)c(C(C)NCC2(O)CCOC2C)c1. The van der Waals surface area contributed by atoms with Crippen molar-refractivity contribution in [2.75, 3.05) is 13.2 Å². The molecule has 106 valence electrons. The van der Waals surface area contributed by atoms with Crippen molar-refractivity contribution < 1.29 is 14.9 Å². The Morgan fingerprint density at radius 3 is 2.89 bits per heavy atom. The average Bonchev–Trinajstić information content (AvgIpc) is 2.70. The second-order valence-corrected chi connectivity index (χ2v) is 5.53. The van der Waals surface area contributed by atoms with Gasteiger partial charge in [0.25, 0.3) is 0 Å². The van der Waals surface area contributed by atoms with E-state index in [4.69, 9.17) is 4.74 Å². The van der Waals surface area contributed by atoms with E-state index >= 15 is 0 Å². The van der Waals surface area contributed by atoms with Gasteiger partial charge in [-0.15, -0.1) is 0 Å². The molecule has 3 unspecified atom stereocenters. The van der Waals surface area contributed by atoms with E-state index in [0.29, 0.717) is 19.6 Å². The lowest BCUT2D eigenvalue weighted by atomic mass is 9.95. The summed E-state index contributed by atoms with van der Waals surface area (Å²) in [7, 11) is 0. The molecule has 0 aliphatic carbocycles. The maximum Gasteiger partial charge on any atom is 0.120 e. The fraction of sp³-hybridized carbons (Fsp3) is 0.600.